The van der Waals surface area contributed by atoms with Gasteiger partial charge in [0.1, 0.15) is 5.54 Å². The molecule has 0 heterocycles. The lowest BCUT2D eigenvalue weighted by Crippen LogP contribution is -2.59. The van der Waals surface area contributed by atoms with E-state index in [1.807, 2.05) is 19.9 Å². The highest BCUT2D eigenvalue weighted by Gasteiger charge is 2.46. The van der Waals surface area contributed by atoms with Crippen LogP contribution in [0, 0.1) is 0 Å². The molecular weight excluding hydrogens is 308 g/mol. The number of nitrogens with zero attached hydrogens (tertiary/aromatic N) is 1. The molecule has 0 spiro atoms. The van der Waals surface area contributed by atoms with Gasteiger partial charge in [0.2, 0.25) is 5.91 Å². The zero-order valence-corrected chi connectivity index (χ0v) is 15.5. The minimum Gasteiger partial charge on any atom is -0.352 e. The molecule has 3 heteroatoms. The first-order valence-electron chi connectivity index (χ1n) is 9.14. The number of rotatable bonds is 6. The van der Waals surface area contributed by atoms with Crippen molar-refractivity contribution in [2.75, 3.05) is 13.6 Å². The third-order valence-corrected chi connectivity index (χ3v) is 5.24. The summed E-state index contributed by atoms with van der Waals surface area (Å²) in [5.74, 6) is 0.147. The van der Waals surface area contributed by atoms with Crippen LogP contribution in [0.5, 0.6) is 0 Å². The molecule has 0 aliphatic heterocycles. The van der Waals surface area contributed by atoms with Gasteiger partial charge in [0.05, 0.1) is 0 Å². The molecule has 1 amide bonds. The van der Waals surface area contributed by atoms with Crippen LogP contribution in [0.2, 0.25) is 0 Å². The molecule has 2 aromatic rings. The molecule has 2 aromatic carbocycles. The Morgan fingerprint density at radius 1 is 1.04 bits per heavy atom. The van der Waals surface area contributed by atoms with Crippen LogP contribution in [0.3, 0.4) is 0 Å². The van der Waals surface area contributed by atoms with Crippen LogP contribution in [0.4, 0.5) is 0 Å². The quantitative estimate of drug-likeness (QED) is 0.878. The normalized spacial score (nSPS) is 15.4. The highest BCUT2D eigenvalue weighted by atomic mass is 16.2. The average Bonchev–Trinajstić information content (AvgIpc) is 3.01. The summed E-state index contributed by atoms with van der Waals surface area (Å²) in [6, 6.07) is 19.1. The van der Waals surface area contributed by atoms with Crippen molar-refractivity contribution in [2.24, 2.45) is 0 Å². The topological polar surface area (TPSA) is 32.3 Å². The lowest BCUT2D eigenvalue weighted by atomic mass is 9.91. The standard InChI is InChI=1S/C22H28N2O/c1-17(2)23-21(25)22(15-19-11-7-8-12-20(19)16-22)24(3)14-13-18-9-5-4-6-10-18/h4-12,17H,13-16H2,1-3H3,(H,23,25). The van der Waals surface area contributed by atoms with Crippen molar-refractivity contribution in [3.63, 3.8) is 0 Å². The van der Waals surface area contributed by atoms with Gasteiger partial charge < -0.3 is 5.32 Å². The van der Waals surface area contributed by atoms with Crippen molar-refractivity contribution >= 4 is 5.91 Å². The molecular formula is C22H28N2O. The van der Waals surface area contributed by atoms with Gasteiger partial charge in [-0.3, -0.25) is 9.69 Å². The van der Waals surface area contributed by atoms with Crippen LogP contribution in [-0.2, 0) is 24.1 Å². The summed E-state index contributed by atoms with van der Waals surface area (Å²) in [5, 5.41) is 3.16. The van der Waals surface area contributed by atoms with Gasteiger partial charge in [0.25, 0.3) is 0 Å². The van der Waals surface area contributed by atoms with Crippen molar-refractivity contribution in [2.45, 2.75) is 44.7 Å². The van der Waals surface area contributed by atoms with E-state index < -0.39 is 5.54 Å². The first-order chi connectivity index (χ1) is 12.0. The smallest absolute Gasteiger partial charge is 0.241 e. The number of nitrogens with one attached hydrogen (secondary N) is 1. The van der Waals surface area contributed by atoms with E-state index in [1.54, 1.807) is 0 Å². The van der Waals surface area contributed by atoms with E-state index in [0.29, 0.717) is 0 Å². The Bertz CT molecular complexity index is 699. The van der Waals surface area contributed by atoms with E-state index in [4.69, 9.17) is 0 Å². The summed E-state index contributed by atoms with van der Waals surface area (Å²) >= 11 is 0. The van der Waals surface area contributed by atoms with Gasteiger partial charge in [-0.05, 0) is 44.0 Å². The predicted molar refractivity (Wildman–Crippen MR) is 103 cm³/mol. The SMILES string of the molecule is CC(C)NC(=O)C1(N(C)CCc2ccccc2)Cc2ccccc2C1. The Morgan fingerprint density at radius 3 is 2.16 bits per heavy atom. The van der Waals surface area contributed by atoms with Gasteiger partial charge in [-0.15, -0.1) is 0 Å². The third kappa shape index (κ3) is 3.77. The Balaban J connectivity index is 1.81. The summed E-state index contributed by atoms with van der Waals surface area (Å²) in [7, 11) is 2.09. The maximum absolute atomic E-state index is 13.1. The number of amides is 1. The van der Waals surface area contributed by atoms with Crippen LogP contribution in [0.1, 0.15) is 30.5 Å². The molecule has 3 rings (SSSR count). The molecule has 0 bridgehead atoms. The number of fused-ring (bicyclic) bond motifs is 1. The molecule has 132 valence electrons. The van der Waals surface area contributed by atoms with E-state index >= 15 is 0 Å². The van der Waals surface area contributed by atoms with Crippen molar-refractivity contribution in [1.29, 1.82) is 0 Å². The molecule has 1 aliphatic carbocycles. The largest absolute Gasteiger partial charge is 0.352 e. The molecule has 3 nitrogen and oxygen atoms in total. The highest BCUT2D eigenvalue weighted by molar-refractivity contribution is 5.88. The van der Waals surface area contributed by atoms with Gasteiger partial charge in [-0.25, -0.2) is 0 Å². The molecule has 0 unspecified atom stereocenters. The van der Waals surface area contributed by atoms with E-state index in [9.17, 15) is 4.79 Å². The van der Waals surface area contributed by atoms with E-state index in [0.717, 1.165) is 25.8 Å². The maximum atomic E-state index is 13.1. The molecule has 0 radical (unpaired) electrons. The number of carbonyl (C=O) groups is 1. The molecule has 0 atom stereocenters. The number of hydrogen-bond donors (Lipinski definition) is 1. The van der Waals surface area contributed by atoms with E-state index in [-0.39, 0.29) is 11.9 Å². The van der Waals surface area contributed by atoms with Gasteiger partial charge in [0.15, 0.2) is 0 Å². The van der Waals surface area contributed by atoms with Gasteiger partial charge in [-0.1, -0.05) is 54.6 Å². The Hall–Kier alpha value is -2.13. The molecule has 0 aromatic heterocycles. The summed E-state index contributed by atoms with van der Waals surface area (Å²) < 4.78 is 0. The molecule has 0 fully saturated rings. The molecule has 1 N–H and O–H groups in total. The Kier molecular flexibility index (Phi) is 5.24. The summed E-state index contributed by atoms with van der Waals surface area (Å²) in [5.41, 5.74) is 3.42. The molecule has 0 saturated carbocycles. The van der Waals surface area contributed by atoms with Crippen LogP contribution >= 0.6 is 0 Å². The number of benzene rings is 2. The van der Waals surface area contributed by atoms with Crippen LogP contribution < -0.4 is 5.32 Å². The Morgan fingerprint density at radius 2 is 1.60 bits per heavy atom. The summed E-state index contributed by atoms with van der Waals surface area (Å²) in [6.45, 7) is 4.92. The zero-order valence-electron chi connectivity index (χ0n) is 15.5. The van der Waals surface area contributed by atoms with Gasteiger partial charge in [0, 0.05) is 25.4 Å². The van der Waals surface area contributed by atoms with Crippen molar-refractivity contribution < 1.29 is 4.79 Å². The number of hydrogen-bond acceptors (Lipinski definition) is 2. The second-order valence-electron chi connectivity index (χ2n) is 7.44. The number of likely N-dealkylation sites (N-methyl/N-ethyl adjacent to an activating group) is 1. The first-order valence-corrected chi connectivity index (χ1v) is 9.14. The van der Waals surface area contributed by atoms with Crippen molar-refractivity contribution in [3.8, 4) is 0 Å². The van der Waals surface area contributed by atoms with Gasteiger partial charge in [-0.2, -0.15) is 0 Å². The predicted octanol–water partition coefficient (Wildman–Crippen LogP) is 3.22. The van der Waals surface area contributed by atoms with Crippen LogP contribution in [-0.4, -0.2) is 36.0 Å². The second kappa shape index (κ2) is 7.40. The number of carbonyl (C=O) groups excluding carboxylic acids is 1. The summed E-state index contributed by atoms with van der Waals surface area (Å²) in [6.07, 6.45) is 2.52. The molecule has 25 heavy (non-hydrogen) atoms. The van der Waals surface area contributed by atoms with Crippen molar-refractivity contribution in [3.05, 3.63) is 71.3 Å². The molecule has 0 saturated heterocycles. The first kappa shape index (κ1) is 17.7. The Labute approximate surface area is 151 Å². The fraction of sp³-hybridized carbons (Fsp3) is 0.409. The third-order valence-electron chi connectivity index (χ3n) is 5.24. The van der Waals surface area contributed by atoms with Gasteiger partial charge >= 0.3 is 0 Å². The van der Waals surface area contributed by atoms with E-state index in [1.165, 1.54) is 16.7 Å². The summed E-state index contributed by atoms with van der Waals surface area (Å²) in [4.78, 5) is 15.4. The lowest BCUT2D eigenvalue weighted by molar-refractivity contribution is -0.133. The minimum atomic E-state index is -0.483. The van der Waals surface area contributed by atoms with Crippen LogP contribution in [0.15, 0.2) is 54.6 Å². The fourth-order valence-corrected chi connectivity index (χ4v) is 3.75. The van der Waals surface area contributed by atoms with Crippen molar-refractivity contribution in [1.82, 2.24) is 10.2 Å². The highest BCUT2D eigenvalue weighted by Crippen LogP contribution is 2.34. The zero-order chi connectivity index (χ0) is 17.9. The average molecular weight is 336 g/mol. The van der Waals surface area contributed by atoms with Crippen LogP contribution in [0.25, 0.3) is 0 Å². The monoisotopic (exact) mass is 336 g/mol. The fourth-order valence-electron chi connectivity index (χ4n) is 3.75. The lowest BCUT2D eigenvalue weighted by Gasteiger charge is -2.38. The minimum absolute atomic E-state index is 0.147. The maximum Gasteiger partial charge on any atom is 0.241 e. The molecule has 1 aliphatic rings. The van der Waals surface area contributed by atoms with E-state index in [2.05, 4.69) is 65.8 Å². The second-order valence-corrected chi connectivity index (χ2v) is 7.44.